The topological polar surface area (TPSA) is 0 Å². The summed E-state index contributed by atoms with van der Waals surface area (Å²) in [7, 11) is 0. The molecule has 1 atom stereocenters. The summed E-state index contributed by atoms with van der Waals surface area (Å²) < 4.78 is 56.0. The molecule has 0 aliphatic carbocycles. The number of hydrogen-bond donors (Lipinski definition) is 0. The van der Waals surface area contributed by atoms with E-state index in [0.29, 0.717) is 22.3 Å². The monoisotopic (exact) mass is 287 g/mol. The molecule has 0 saturated carbocycles. The molecular formula is C21H28. The molecule has 112 valence electrons. The summed E-state index contributed by atoms with van der Waals surface area (Å²) >= 11 is 0. The summed E-state index contributed by atoms with van der Waals surface area (Å²) in [5, 5.41) is 0. The van der Waals surface area contributed by atoms with Crippen LogP contribution in [0.4, 0.5) is 0 Å². The van der Waals surface area contributed by atoms with Gasteiger partial charge in [0.15, 0.2) is 0 Å². The van der Waals surface area contributed by atoms with Gasteiger partial charge in [0, 0.05) is 9.60 Å². The van der Waals surface area contributed by atoms with Gasteiger partial charge in [-0.3, -0.25) is 0 Å². The number of rotatable bonds is 2. The Bertz CT molecular complexity index is 866. The molecule has 2 rings (SSSR count). The second-order valence-corrected chi connectivity index (χ2v) is 6.67. The lowest BCUT2D eigenvalue weighted by atomic mass is 9.77. The van der Waals surface area contributed by atoms with Gasteiger partial charge >= 0.3 is 0 Å². The average molecular weight is 287 g/mol. The minimum absolute atomic E-state index is 0.132. The first-order valence-electron chi connectivity index (χ1n) is 10.7. The van der Waals surface area contributed by atoms with Gasteiger partial charge in [0.2, 0.25) is 0 Å². The Morgan fingerprint density at radius 2 is 1.67 bits per heavy atom. The lowest BCUT2D eigenvalue weighted by Gasteiger charge is -2.28. The van der Waals surface area contributed by atoms with E-state index in [9.17, 15) is 0 Å². The van der Waals surface area contributed by atoms with Crippen LogP contribution in [0.3, 0.4) is 0 Å². The molecule has 0 bridgehead atoms. The highest BCUT2D eigenvalue weighted by atomic mass is 14.3. The highest BCUT2D eigenvalue weighted by Crippen LogP contribution is 2.36. The fourth-order valence-corrected chi connectivity index (χ4v) is 2.25. The van der Waals surface area contributed by atoms with Crippen LogP contribution in [-0.4, -0.2) is 0 Å². The van der Waals surface area contributed by atoms with Gasteiger partial charge in [-0.1, -0.05) is 64.1 Å². The Hall–Kier alpha value is -1.56. The molecule has 1 unspecified atom stereocenters. The van der Waals surface area contributed by atoms with E-state index >= 15 is 0 Å². The maximum absolute atomic E-state index is 8.78. The van der Waals surface area contributed by atoms with Crippen molar-refractivity contribution in [2.24, 2.45) is 5.41 Å². The first-order valence-corrected chi connectivity index (χ1v) is 7.23. The predicted molar refractivity (Wildman–Crippen MR) is 94.0 cm³/mol. The van der Waals surface area contributed by atoms with Gasteiger partial charge in [-0.05, 0) is 65.3 Å². The van der Waals surface area contributed by atoms with E-state index in [1.54, 1.807) is 50.2 Å². The quantitative estimate of drug-likeness (QED) is 0.597. The second kappa shape index (κ2) is 5.67. The lowest BCUT2D eigenvalue weighted by Crippen LogP contribution is -2.15. The van der Waals surface area contributed by atoms with Crippen molar-refractivity contribution in [3.63, 3.8) is 0 Å². The summed E-state index contributed by atoms with van der Waals surface area (Å²) in [4.78, 5) is 0. The van der Waals surface area contributed by atoms with E-state index in [4.69, 9.17) is 9.60 Å². The van der Waals surface area contributed by atoms with Gasteiger partial charge in [-0.15, -0.1) is 0 Å². The molecule has 0 nitrogen and oxygen atoms in total. The summed E-state index contributed by atoms with van der Waals surface area (Å²) in [6.07, 6.45) is 0. The third kappa shape index (κ3) is 3.37. The van der Waals surface area contributed by atoms with Gasteiger partial charge in [0.1, 0.15) is 0 Å². The molecule has 0 aliphatic heterocycles. The van der Waals surface area contributed by atoms with Crippen molar-refractivity contribution in [2.45, 2.75) is 54.2 Å². The molecule has 0 fully saturated rings. The van der Waals surface area contributed by atoms with Crippen molar-refractivity contribution < 1.29 is 9.60 Å². The van der Waals surface area contributed by atoms with Crippen molar-refractivity contribution >= 4 is 0 Å². The molecule has 0 aliphatic rings. The van der Waals surface area contributed by atoms with E-state index in [-0.39, 0.29) is 11.1 Å². The normalized spacial score (nSPS) is 20.9. The van der Waals surface area contributed by atoms with Crippen LogP contribution in [0.5, 0.6) is 0 Å². The van der Waals surface area contributed by atoms with Crippen LogP contribution in [0.2, 0.25) is 0 Å². The SMILES string of the molecule is [2H]C([2H])([2H])c1cc(-c2ccc(C([2H])(C)C(C)(C)C)cc2C([2H])([2H])[2H])ccc1C. The Morgan fingerprint density at radius 3 is 2.29 bits per heavy atom. The average Bonchev–Trinajstić information content (AvgIpc) is 2.51. The fourth-order valence-electron chi connectivity index (χ4n) is 2.25. The van der Waals surface area contributed by atoms with Crippen molar-refractivity contribution in [1.82, 2.24) is 0 Å². The summed E-state index contributed by atoms with van der Waals surface area (Å²) in [5.41, 5.74) is 2.24. The fraction of sp³-hybridized carbons (Fsp3) is 0.429. The molecule has 2 aromatic rings. The van der Waals surface area contributed by atoms with E-state index in [2.05, 4.69) is 0 Å². The third-order valence-corrected chi connectivity index (χ3v) is 4.13. The van der Waals surface area contributed by atoms with Crippen molar-refractivity contribution in [3.8, 4) is 11.1 Å². The Labute approximate surface area is 140 Å². The Morgan fingerprint density at radius 1 is 0.952 bits per heavy atom. The van der Waals surface area contributed by atoms with Crippen molar-refractivity contribution in [1.29, 1.82) is 0 Å². The zero-order valence-corrected chi connectivity index (χ0v) is 13.5. The third-order valence-electron chi connectivity index (χ3n) is 4.13. The smallest absolute Gasteiger partial charge is 0.0355 e. The maximum atomic E-state index is 8.78. The standard InChI is InChI=1S/C21H28/c1-14-8-9-19(12-15(14)2)20-11-10-18(13-16(20)3)17(4)21(5,6)7/h8-13,17H,1-7H3/i2D3,3D3,17D. The molecule has 0 heterocycles. The van der Waals surface area contributed by atoms with Crippen LogP contribution < -0.4 is 0 Å². The van der Waals surface area contributed by atoms with Crippen LogP contribution in [-0.2, 0) is 0 Å². The predicted octanol–water partition coefficient (Wildman–Crippen LogP) is 6.43. The maximum Gasteiger partial charge on any atom is 0.0355 e. The van der Waals surface area contributed by atoms with Crippen molar-refractivity contribution in [3.05, 3.63) is 58.7 Å². The van der Waals surface area contributed by atoms with Crippen LogP contribution in [0.25, 0.3) is 11.1 Å². The summed E-state index contributed by atoms with van der Waals surface area (Å²) in [6.45, 7) is 4.71. The van der Waals surface area contributed by atoms with Gasteiger partial charge in [0.25, 0.3) is 0 Å². The number of benzene rings is 2. The van der Waals surface area contributed by atoms with Crippen LogP contribution in [0, 0.1) is 26.0 Å². The Kier molecular flexibility index (Phi) is 2.37. The highest BCUT2D eigenvalue weighted by Gasteiger charge is 2.22. The van der Waals surface area contributed by atoms with Gasteiger partial charge in [-0.25, -0.2) is 0 Å². The Balaban J connectivity index is 2.74. The molecule has 0 saturated heterocycles. The molecule has 21 heavy (non-hydrogen) atoms. The molecule has 2 aromatic carbocycles. The largest absolute Gasteiger partial charge is 0.0596 e. The van der Waals surface area contributed by atoms with Gasteiger partial charge in [0.05, 0.1) is 0 Å². The van der Waals surface area contributed by atoms with E-state index in [1.165, 1.54) is 0 Å². The molecule has 0 heteroatoms. The van der Waals surface area contributed by atoms with Gasteiger partial charge in [-0.2, -0.15) is 0 Å². The number of hydrogen-bond acceptors (Lipinski definition) is 0. The molecular weight excluding hydrogens is 252 g/mol. The van der Waals surface area contributed by atoms with E-state index < -0.39 is 25.0 Å². The van der Waals surface area contributed by atoms with Crippen LogP contribution in [0.1, 0.15) is 65.4 Å². The molecule has 0 spiro atoms. The number of aryl methyl sites for hydroxylation is 3. The first kappa shape index (κ1) is 8.78. The molecule has 0 N–H and O–H groups in total. The van der Waals surface area contributed by atoms with E-state index in [0.717, 1.165) is 0 Å². The summed E-state index contributed by atoms with van der Waals surface area (Å²) in [6, 6.07) is 10.1. The van der Waals surface area contributed by atoms with Crippen molar-refractivity contribution in [2.75, 3.05) is 0 Å². The molecule has 0 aromatic heterocycles. The highest BCUT2D eigenvalue weighted by molar-refractivity contribution is 5.68. The minimum Gasteiger partial charge on any atom is -0.0596 e. The van der Waals surface area contributed by atoms with E-state index in [1.807, 2.05) is 20.8 Å². The second-order valence-electron chi connectivity index (χ2n) is 6.67. The molecule has 0 radical (unpaired) electrons. The zero-order valence-electron chi connectivity index (χ0n) is 20.5. The van der Waals surface area contributed by atoms with Crippen LogP contribution in [0.15, 0.2) is 36.4 Å². The zero-order chi connectivity index (χ0) is 21.7. The molecule has 0 amide bonds. The van der Waals surface area contributed by atoms with Crippen LogP contribution >= 0.6 is 0 Å². The summed E-state index contributed by atoms with van der Waals surface area (Å²) in [5.74, 6) is -0.983. The minimum atomic E-state index is -2.38. The van der Waals surface area contributed by atoms with Gasteiger partial charge < -0.3 is 0 Å². The lowest BCUT2D eigenvalue weighted by molar-refractivity contribution is 0.339. The first-order chi connectivity index (χ1) is 12.5.